The minimum absolute atomic E-state index is 0.114. The summed E-state index contributed by atoms with van der Waals surface area (Å²) >= 11 is 5.18. The lowest BCUT2D eigenvalue weighted by Crippen LogP contribution is -2.33. The Labute approximate surface area is 187 Å². The summed E-state index contributed by atoms with van der Waals surface area (Å²) in [6.45, 7) is 3.51. The molecule has 0 aromatic heterocycles. The highest BCUT2D eigenvalue weighted by Crippen LogP contribution is 2.19. The molecule has 160 valence electrons. The van der Waals surface area contributed by atoms with E-state index in [0.717, 1.165) is 16.3 Å². The Kier molecular flexibility index (Phi) is 7.17. The Bertz CT molecular complexity index is 1230. The molecule has 0 spiro atoms. The second-order valence-electron chi connectivity index (χ2n) is 7.15. The Hall–Kier alpha value is -3.07. The fraction of sp³-hybridized carbons (Fsp3) is 0.130. The molecule has 8 heteroatoms. The minimum Gasteiger partial charge on any atom is -0.332 e. The first-order chi connectivity index (χ1) is 14.7. The molecular formula is C23H23N3O3S2. The van der Waals surface area contributed by atoms with E-state index in [1.54, 1.807) is 32.1 Å². The van der Waals surface area contributed by atoms with Gasteiger partial charge in [-0.15, -0.1) is 0 Å². The van der Waals surface area contributed by atoms with E-state index in [9.17, 15) is 13.2 Å². The molecule has 31 heavy (non-hydrogen) atoms. The maximum absolute atomic E-state index is 12.2. The van der Waals surface area contributed by atoms with Crippen LogP contribution in [0.15, 0.2) is 77.7 Å². The zero-order valence-electron chi connectivity index (χ0n) is 17.1. The molecule has 0 saturated carbocycles. The molecule has 1 amide bonds. The lowest BCUT2D eigenvalue weighted by molar-refractivity contribution is -0.115. The summed E-state index contributed by atoms with van der Waals surface area (Å²) in [5.74, 6) is -0.370. The zero-order chi connectivity index (χ0) is 22.4. The van der Waals surface area contributed by atoms with Crippen LogP contribution in [-0.2, 0) is 14.8 Å². The van der Waals surface area contributed by atoms with Crippen molar-refractivity contribution >= 4 is 55.8 Å². The lowest BCUT2D eigenvalue weighted by Gasteiger charge is -2.11. The number of thiocarbonyl (C=S) groups is 1. The zero-order valence-corrected chi connectivity index (χ0v) is 18.8. The number of nitrogens with one attached hydrogen (secondary N) is 3. The monoisotopic (exact) mass is 453 g/mol. The highest BCUT2D eigenvalue weighted by molar-refractivity contribution is 7.89. The van der Waals surface area contributed by atoms with E-state index in [2.05, 4.69) is 15.4 Å². The number of hydrogen-bond donors (Lipinski definition) is 3. The number of anilines is 1. The summed E-state index contributed by atoms with van der Waals surface area (Å²) in [5, 5.41) is 7.71. The quantitative estimate of drug-likeness (QED) is 0.387. The number of sulfonamides is 1. The fourth-order valence-electron chi connectivity index (χ4n) is 2.97. The summed E-state index contributed by atoms with van der Waals surface area (Å²) in [6, 6.07) is 19.7. The molecule has 0 radical (unpaired) electrons. The van der Waals surface area contributed by atoms with E-state index >= 15 is 0 Å². The van der Waals surface area contributed by atoms with Crippen LogP contribution in [0.4, 0.5) is 5.69 Å². The minimum atomic E-state index is -3.56. The van der Waals surface area contributed by atoms with Gasteiger partial charge in [0.15, 0.2) is 5.11 Å². The van der Waals surface area contributed by atoms with E-state index in [1.165, 1.54) is 18.2 Å². The summed E-state index contributed by atoms with van der Waals surface area (Å²) < 4.78 is 26.9. The SMILES string of the molecule is CC(C)NS(=O)(=O)c1ccc(NC(=S)NC(=O)/C=C/c2cccc3ccccc23)cc1. The number of hydrogen-bond acceptors (Lipinski definition) is 4. The van der Waals surface area contributed by atoms with Crippen molar-refractivity contribution in [1.82, 2.24) is 10.0 Å². The van der Waals surface area contributed by atoms with Gasteiger partial charge in [-0.2, -0.15) is 0 Å². The summed E-state index contributed by atoms with van der Waals surface area (Å²) in [6.07, 6.45) is 3.16. The van der Waals surface area contributed by atoms with Gasteiger partial charge in [-0.05, 0) is 72.7 Å². The fourth-order valence-corrected chi connectivity index (χ4v) is 4.44. The van der Waals surface area contributed by atoms with Crippen molar-refractivity contribution < 1.29 is 13.2 Å². The molecule has 0 aliphatic heterocycles. The third kappa shape index (κ3) is 6.21. The van der Waals surface area contributed by atoms with Crippen LogP contribution < -0.4 is 15.4 Å². The van der Waals surface area contributed by atoms with Crippen LogP contribution in [0.5, 0.6) is 0 Å². The first kappa shape index (κ1) is 22.6. The maximum atomic E-state index is 12.2. The first-order valence-corrected chi connectivity index (χ1v) is 11.5. The van der Waals surface area contributed by atoms with Gasteiger partial charge in [-0.1, -0.05) is 42.5 Å². The second kappa shape index (κ2) is 9.82. The largest absolute Gasteiger partial charge is 0.332 e. The van der Waals surface area contributed by atoms with Crippen molar-refractivity contribution in [3.05, 3.63) is 78.4 Å². The van der Waals surface area contributed by atoms with Crippen molar-refractivity contribution in [2.75, 3.05) is 5.32 Å². The Morgan fingerprint density at radius 3 is 2.35 bits per heavy atom. The van der Waals surface area contributed by atoms with E-state index in [-0.39, 0.29) is 22.0 Å². The van der Waals surface area contributed by atoms with Crippen molar-refractivity contribution in [3.8, 4) is 0 Å². The molecule has 0 bridgehead atoms. The van der Waals surface area contributed by atoms with E-state index in [1.807, 2.05) is 42.5 Å². The average Bonchev–Trinajstić information content (AvgIpc) is 2.71. The van der Waals surface area contributed by atoms with Crippen molar-refractivity contribution in [2.45, 2.75) is 24.8 Å². The Balaban J connectivity index is 1.60. The van der Waals surface area contributed by atoms with E-state index in [0.29, 0.717) is 5.69 Å². The predicted octanol–water partition coefficient (Wildman–Crippen LogP) is 4.05. The maximum Gasteiger partial charge on any atom is 0.250 e. The number of rotatable bonds is 6. The molecule has 0 saturated heterocycles. The van der Waals surface area contributed by atoms with Crippen LogP contribution in [0.25, 0.3) is 16.8 Å². The molecule has 3 aromatic rings. The van der Waals surface area contributed by atoms with Gasteiger partial charge in [0.05, 0.1) is 4.90 Å². The molecule has 0 aliphatic rings. The highest BCUT2D eigenvalue weighted by atomic mass is 32.2. The van der Waals surface area contributed by atoms with Gasteiger partial charge in [0, 0.05) is 17.8 Å². The van der Waals surface area contributed by atoms with Gasteiger partial charge >= 0.3 is 0 Å². The van der Waals surface area contributed by atoms with Crippen molar-refractivity contribution in [1.29, 1.82) is 0 Å². The third-order valence-corrected chi connectivity index (χ3v) is 6.17. The predicted molar refractivity (Wildman–Crippen MR) is 129 cm³/mol. The van der Waals surface area contributed by atoms with Crippen LogP contribution in [-0.4, -0.2) is 25.5 Å². The standard InChI is InChI=1S/C23H23N3O3S2/c1-16(2)26-31(28,29)20-13-11-19(12-14-20)24-23(30)25-22(27)15-10-18-8-5-7-17-6-3-4-9-21(17)18/h3-16,26H,1-2H3,(H2,24,25,27,30)/b15-10+. The second-order valence-corrected chi connectivity index (χ2v) is 9.27. The number of amides is 1. The van der Waals surface area contributed by atoms with Gasteiger partial charge in [-0.3, -0.25) is 10.1 Å². The topological polar surface area (TPSA) is 87.3 Å². The van der Waals surface area contributed by atoms with Crippen molar-refractivity contribution in [3.63, 3.8) is 0 Å². The number of fused-ring (bicyclic) bond motifs is 1. The van der Waals surface area contributed by atoms with Gasteiger partial charge in [0.25, 0.3) is 0 Å². The first-order valence-electron chi connectivity index (χ1n) is 9.65. The van der Waals surface area contributed by atoms with Gasteiger partial charge in [0.2, 0.25) is 15.9 Å². The normalized spacial score (nSPS) is 11.7. The van der Waals surface area contributed by atoms with Crippen molar-refractivity contribution in [2.24, 2.45) is 0 Å². The molecule has 0 fully saturated rings. The van der Waals surface area contributed by atoms with Gasteiger partial charge in [-0.25, -0.2) is 13.1 Å². The Morgan fingerprint density at radius 2 is 1.65 bits per heavy atom. The molecule has 3 N–H and O–H groups in total. The van der Waals surface area contributed by atoms with Crippen LogP contribution in [0, 0.1) is 0 Å². The molecule has 3 aromatic carbocycles. The summed E-state index contributed by atoms with van der Waals surface area (Å²) in [7, 11) is -3.56. The average molecular weight is 454 g/mol. The molecule has 0 aliphatic carbocycles. The smallest absolute Gasteiger partial charge is 0.250 e. The number of carbonyl (C=O) groups excluding carboxylic acids is 1. The number of benzene rings is 3. The van der Waals surface area contributed by atoms with Crippen LogP contribution in [0.3, 0.4) is 0 Å². The molecule has 0 heterocycles. The van der Waals surface area contributed by atoms with Crippen LogP contribution >= 0.6 is 12.2 Å². The molecule has 0 unspecified atom stereocenters. The molecule has 0 atom stereocenters. The molecule has 6 nitrogen and oxygen atoms in total. The van der Waals surface area contributed by atoms with Gasteiger partial charge < -0.3 is 5.32 Å². The highest BCUT2D eigenvalue weighted by Gasteiger charge is 2.15. The third-order valence-electron chi connectivity index (χ3n) is 4.29. The van der Waals surface area contributed by atoms with E-state index < -0.39 is 10.0 Å². The summed E-state index contributed by atoms with van der Waals surface area (Å²) in [5.41, 5.74) is 1.49. The summed E-state index contributed by atoms with van der Waals surface area (Å²) in [4.78, 5) is 12.4. The van der Waals surface area contributed by atoms with Crippen LogP contribution in [0.2, 0.25) is 0 Å². The van der Waals surface area contributed by atoms with Gasteiger partial charge in [0.1, 0.15) is 0 Å². The number of carbonyl (C=O) groups is 1. The molecule has 3 rings (SSSR count). The lowest BCUT2D eigenvalue weighted by atomic mass is 10.0. The Morgan fingerprint density at radius 1 is 0.968 bits per heavy atom. The van der Waals surface area contributed by atoms with Crippen LogP contribution in [0.1, 0.15) is 19.4 Å². The van der Waals surface area contributed by atoms with E-state index in [4.69, 9.17) is 12.2 Å². The molecular weight excluding hydrogens is 430 g/mol.